The van der Waals surface area contributed by atoms with Crippen molar-refractivity contribution in [2.24, 2.45) is 0 Å². The Bertz CT molecular complexity index is 1720. The number of methoxy groups -OCH3 is 4. The third kappa shape index (κ3) is 8.96. The maximum atomic E-state index is 13.6. The van der Waals surface area contributed by atoms with Crippen LogP contribution in [0.5, 0.6) is 23.0 Å². The Morgan fingerprint density at radius 3 is 2.11 bits per heavy atom. The minimum atomic E-state index is -0.578. The summed E-state index contributed by atoms with van der Waals surface area (Å²) in [5, 5.41) is 8.81. The number of thioether (sulfide) groups is 1. The van der Waals surface area contributed by atoms with Crippen LogP contribution in [-0.4, -0.2) is 51.9 Å². The van der Waals surface area contributed by atoms with E-state index < -0.39 is 11.8 Å². The lowest BCUT2D eigenvalue weighted by Crippen LogP contribution is -2.30. The highest BCUT2D eigenvalue weighted by Crippen LogP contribution is 2.38. The Labute approximate surface area is 276 Å². The van der Waals surface area contributed by atoms with Gasteiger partial charge in [0.25, 0.3) is 11.8 Å². The number of nitrogens with one attached hydrogen (secondary N) is 3. The van der Waals surface area contributed by atoms with Crippen molar-refractivity contribution in [1.29, 1.82) is 0 Å². The Hall–Kier alpha value is -5.13. The fourth-order valence-electron chi connectivity index (χ4n) is 4.27. The lowest BCUT2D eigenvalue weighted by atomic mass is 10.1. The van der Waals surface area contributed by atoms with Gasteiger partial charge in [-0.05, 0) is 72.3 Å². The fraction of sp³-hybridized carbons (Fsp3) is 0.147. The maximum absolute atomic E-state index is 13.6. The summed E-state index contributed by atoms with van der Waals surface area (Å²) in [4.78, 5) is 40.1. The standard InChI is InChI=1S/C34H32ClN3O7S/c1-42-28-14-13-23(35)18-26(28)37-31(39)20-46-25-12-8-11-24(19-25)36-34(41)27(38-33(40)22-9-6-5-7-10-22)15-21-16-29(43-2)32(45-4)30(17-21)44-3/h5-19H,20H2,1-4H3,(H,36,41)(H,37,39)(H,38,40)/b27-15+. The molecule has 4 aromatic carbocycles. The summed E-state index contributed by atoms with van der Waals surface area (Å²) in [6.45, 7) is 0. The Morgan fingerprint density at radius 1 is 0.761 bits per heavy atom. The third-order valence-electron chi connectivity index (χ3n) is 6.42. The minimum Gasteiger partial charge on any atom is -0.495 e. The number of hydrogen-bond donors (Lipinski definition) is 3. The van der Waals surface area contributed by atoms with Crippen molar-refractivity contribution in [2.75, 3.05) is 44.8 Å². The van der Waals surface area contributed by atoms with E-state index in [2.05, 4.69) is 16.0 Å². The first-order valence-corrected chi connectivity index (χ1v) is 15.2. The van der Waals surface area contributed by atoms with Crippen molar-refractivity contribution in [3.63, 3.8) is 0 Å². The van der Waals surface area contributed by atoms with Crippen LogP contribution in [0.15, 0.2) is 95.5 Å². The summed E-state index contributed by atoms with van der Waals surface area (Å²) in [7, 11) is 5.96. The molecule has 238 valence electrons. The summed E-state index contributed by atoms with van der Waals surface area (Å²) >= 11 is 7.34. The summed E-state index contributed by atoms with van der Waals surface area (Å²) in [6.07, 6.45) is 1.51. The van der Waals surface area contributed by atoms with Crippen LogP contribution in [0, 0.1) is 0 Å². The van der Waals surface area contributed by atoms with E-state index >= 15 is 0 Å². The third-order valence-corrected chi connectivity index (χ3v) is 7.65. The van der Waals surface area contributed by atoms with Crippen LogP contribution in [0.2, 0.25) is 5.02 Å². The molecule has 0 fully saturated rings. The van der Waals surface area contributed by atoms with Gasteiger partial charge in [0.2, 0.25) is 11.7 Å². The topological polar surface area (TPSA) is 124 Å². The number of hydrogen-bond acceptors (Lipinski definition) is 8. The van der Waals surface area contributed by atoms with Gasteiger partial charge in [-0.2, -0.15) is 0 Å². The number of amides is 3. The van der Waals surface area contributed by atoms with Gasteiger partial charge in [0.15, 0.2) is 11.5 Å². The average molecular weight is 662 g/mol. The molecule has 4 aromatic rings. The summed E-state index contributed by atoms with van der Waals surface area (Å²) in [5.41, 5.74) is 1.77. The number of carbonyl (C=O) groups excluding carboxylic acids is 3. The Balaban J connectivity index is 1.54. The number of carbonyl (C=O) groups is 3. The second kappa shape index (κ2) is 16.3. The molecule has 3 amide bonds. The zero-order valence-corrected chi connectivity index (χ0v) is 27.1. The first-order chi connectivity index (χ1) is 22.2. The van der Waals surface area contributed by atoms with E-state index in [1.807, 2.05) is 6.07 Å². The summed E-state index contributed by atoms with van der Waals surface area (Å²) in [6, 6.07) is 23.8. The van der Waals surface area contributed by atoms with Gasteiger partial charge in [-0.3, -0.25) is 14.4 Å². The maximum Gasteiger partial charge on any atom is 0.272 e. The highest BCUT2D eigenvalue weighted by atomic mass is 35.5. The first-order valence-electron chi connectivity index (χ1n) is 13.8. The number of rotatable bonds is 13. The molecule has 0 saturated heterocycles. The highest BCUT2D eigenvalue weighted by molar-refractivity contribution is 8.00. The second-order valence-electron chi connectivity index (χ2n) is 9.50. The molecule has 10 nitrogen and oxygen atoms in total. The molecule has 0 atom stereocenters. The molecule has 0 spiro atoms. The molecule has 0 aliphatic rings. The molecule has 0 heterocycles. The van der Waals surface area contributed by atoms with Gasteiger partial charge in [-0.15, -0.1) is 11.8 Å². The number of halogens is 1. The summed E-state index contributed by atoms with van der Waals surface area (Å²) in [5.74, 6) is 0.409. The zero-order chi connectivity index (χ0) is 33.1. The molecule has 3 N–H and O–H groups in total. The molecule has 0 radical (unpaired) electrons. The quantitative estimate of drug-likeness (QED) is 0.109. The van der Waals surface area contributed by atoms with E-state index in [-0.39, 0.29) is 17.4 Å². The smallest absolute Gasteiger partial charge is 0.272 e. The van der Waals surface area contributed by atoms with Crippen LogP contribution >= 0.6 is 23.4 Å². The second-order valence-corrected chi connectivity index (χ2v) is 11.0. The predicted molar refractivity (Wildman–Crippen MR) is 180 cm³/mol. The minimum absolute atomic E-state index is 0.0315. The van der Waals surface area contributed by atoms with E-state index in [1.54, 1.807) is 78.9 Å². The molecule has 0 aromatic heterocycles. The molecular formula is C34H32ClN3O7S. The Kier molecular flexibility index (Phi) is 11.9. The van der Waals surface area contributed by atoms with Crippen molar-refractivity contribution in [3.8, 4) is 23.0 Å². The Morgan fingerprint density at radius 2 is 1.46 bits per heavy atom. The molecule has 46 heavy (non-hydrogen) atoms. The van der Waals surface area contributed by atoms with E-state index in [4.69, 9.17) is 30.5 Å². The van der Waals surface area contributed by atoms with Crippen LogP contribution in [0.1, 0.15) is 15.9 Å². The fourth-order valence-corrected chi connectivity index (χ4v) is 5.20. The molecule has 0 saturated carbocycles. The predicted octanol–water partition coefficient (Wildman–Crippen LogP) is 6.51. The number of ether oxygens (including phenoxy) is 4. The lowest BCUT2D eigenvalue weighted by molar-refractivity contribution is -0.114. The molecule has 0 bridgehead atoms. The zero-order valence-electron chi connectivity index (χ0n) is 25.5. The first kappa shape index (κ1) is 33.8. The molecule has 12 heteroatoms. The van der Waals surface area contributed by atoms with Crippen LogP contribution in [0.4, 0.5) is 11.4 Å². The normalized spacial score (nSPS) is 10.8. The van der Waals surface area contributed by atoms with Crippen molar-refractivity contribution in [3.05, 3.63) is 107 Å². The lowest BCUT2D eigenvalue weighted by Gasteiger charge is -2.15. The van der Waals surface area contributed by atoms with Gasteiger partial charge in [-0.25, -0.2) is 0 Å². The van der Waals surface area contributed by atoms with Gasteiger partial charge in [0.1, 0.15) is 11.4 Å². The molecule has 0 aliphatic carbocycles. The number of benzene rings is 4. The molecule has 0 aliphatic heterocycles. The van der Waals surface area contributed by atoms with E-state index in [9.17, 15) is 14.4 Å². The van der Waals surface area contributed by atoms with Crippen LogP contribution in [0.25, 0.3) is 6.08 Å². The largest absolute Gasteiger partial charge is 0.495 e. The van der Waals surface area contributed by atoms with E-state index in [1.165, 1.54) is 46.3 Å². The van der Waals surface area contributed by atoms with E-state index in [0.29, 0.717) is 50.5 Å². The monoisotopic (exact) mass is 661 g/mol. The van der Waals surface area contributed by atoms with Gasteiger partial charge < -0.3 is 34.9 Å². The molecule has 0 unspecified atom stereocenters. The molecular weight excluding hydrogens is 630 g/mol. The van der Waals surface area contributed by atoms with Crippen molar-refractivity contribution in [1.82, 2.24) is 5.32 Å². The van der Waals surface area contributed by atoms with Gasteiger partial charge >= 0.3 is 0 Å². The highest BCUT2D eigenvalue weighted by Gasteiger charge is 2.18. The molecule has 4 rings (SSSR count). The van der Waals surface area contributed by atoms with Crippen LogP contribution < -0.4 is 34.9 Å². The van der Waals surface area contributed by atoms with E-state index in [0.717, 1.165) is 4.90 Å². The van der Waals surface area contributed by atoms with Crippen molar-refractivity contribution >= 4 is 58.5 Å². The van der Waals surface area contributed by atoms with Gasteiger partial charge in [-0.1, -0.05) is 35.9 Å². The number of anilines is 2. The van der Waals surface area contributed by atoms with Crippen molar-refractivity contribution in [2.45, 2.75) is 4.90 Å². The van der Waals surface area contributed by atoms with Gasteiger partial charge in [0.05, 0.1) is 39.9 Å². The van der Waals surface area contributed by atoms with Gasteiger partial charge in [0, 0.05) is 21.2 Å². The van der Waals surface area contributed by atoms with Crippen LogP contribution in [-0.2, 0) is 9.59 Å². The average Bonchev–Trinajstić information content (AvgIpc) is 3.07. The summed E-state index contributed by atoms with van der Waals surface area (Å²) < 4.78 is 21.6. The SMILES string of the molecule is COc1ccc(Cl)cc1NC(=O)CSc1cccc(NC(=O)/C(=C\c2cc(OC)c(OC)c(OC)c2)NC(=O)c2ccccc2)c1. The van der Waals surface area contributed by atoms with Crippen molar-refractivity contribution < 1.29 is 33.3 Å². The van der Waals surface area contributed by atoms with Crippen LogP contribution in [0.3, 0.4) is 0 Å².